The number of carbonyl (C=O) groups is 1. The standard InChI is InChI=1S/C6H6N4O5/c1-4(11)2-8-3-5(9(12)13)7-6(8)10(14)15/h3H,2H2,1H3. The Morgan fingerprint density at radius 1 is 1.47 bits per heavy atom. The number of nitro groups is 2. The number of nitrogens with zero attached hydrogens (tertiary/aromatic N) is 4. The van der Waals surface area contributed by atoms with E-state index in [0.29, 0.717) is 0 Å². The van der Waals surface area contributed by atoms with Crippen molar-refractivity contribution in [1.29, 1.82) is 0 Å². The molecule has 0 spiro atoms. The quantitative estimate of drug-likeness (QED) is 0.524. The second-order valence-corrected chi connectivity index (χ2v) is 2.74. The van der Waals surface area contributed by atoms with Crippen molar-refractivity contribution in [2.24, 2.45) is 0 Å². The van der Waals surface area contributed by atoms with Crippen LogP contribution < -0.4 is 0 Å². The molecule has 1 heterocycles. The molecule has 1 aromatic heterocycles. The summed E-state index contributed by atoms with van der Waals surface area (Å²) in [6, 6.07) is 0. The van der Waals surface area contributed by atoms with Crippen LogP contribution in [0.5, 0.6) is 0 Å². The van der Waals surface area contributed by atoms with E-state index in [0.717, 1.165) is 10.8 Å². The van der Waals surface area contributed by atoms with E-state index >= 15 is 0 Å². The van der Waals surface area contributed by atoms with Crippen molar-refractivity contribution < 1.29 is 14.6 Å². The van der Waals surface area contributed by atoms with Crippen LogP contribution >= 0.6 is 0 Å². The van der Waals surface area contributed by atoms with Gasteiger partial charge in [-0.25, -0.2) is 4.57 Å². The van der Waals surface area contributed by atoms with E-state index in [2.05, 4.69) is 4.98 Å². The van der Waals surface area contributed by atoms with Crippen molar-refractivity contribution in [3.05, 3.63) is 26.4 Å². The molecule has 15 heavy (non-hydrogen) atoms. The Labute approximate surface area is 82.6 Å². The van der Waals surface area contributed by atoms with E-state index in [1.54, 1.807) is 0 Å². The molecule has 9 heteroatoms. The van der Waals surface area contributed by atoms with Gasteiger partial charge in [-0.05, 0) is 21.8 Å². The lowest BCUT2D eigenvalue weighted by Gasteiger charge is -1.96. The summed E-state index contributed by atoms with van der Waals surface area (Å²) >= 11 is 0. The molecule has 0 aromatic carbocycles. The van der Waals surface area contributed by atoms with Gasteiger partial charge in [0, 0.05) is 0 Å². The molecular formula is C6H6N4O5. The molecule has 0 saturated carbocycles. The van der Waals surface area contributed by atoms with Crippen LogP contribution in [0.4, 0.5) is 11.8 Å². The van der Waals surface area contributed by atoms with Gasteiger partial charge in [0.25, 0.3) is 0 Å². The zero-order chi connectivity index (χ0) is 11.6. The number of imidazole rings is 1. The summed E-state index contributed by atoms with van der Waals surface area (Å²) in [6.45, 7) is 0.909. The molecule has 1 rings (SSSR count). The maximum absolute atomic E-state index is 10.7. The predicted octanol–water partition coefficient (Wildman–Crippen LogP) is 0.288. The first-order valence-electron chi connectivity index (χ1n) is 3.77. The molecule has 0 saturated heterocycles. The summed E-state index contributed by atoms with van der Waals surface area (Å²) < 4.78 is 0.834. The zero-order valence-corrected chi connectivity index (χ0v) is 7.61. The zero-order valence-electron chi connectivity index (χ0n) is 7.61. The lowest BCUT2D eigenvalue weighted by Crippen LogP contribution is -2.08. The summed E-state index contributed by atoms with van der Waals surface area (Å²) in [7, 11) is 0. The van der Waals surface area contributed by atoms with E-state index in [1.807, 2.05) is 0 Å². The molecule has 0 bridgehead atoms. The maximum Gasteiger partial charge on any atom is 0.439 e. The first-order valence-corrected chi connectivity index (χ1v) is 3.77. The highest BCUT2D eigenvalue weighted by molar-refractivity contribution is 5.75. The summed E-state index contributed by atoms with van der Waals surface area (Å²) in [5.41, 5.74) is 0. The normalized spacial score (nSPS) is 9.93. The third-order valence-electron chi connectivity index (χ3n) is 1.49. The summed E-state index contributed by atoms with van der Waals surface area (Å²) in [5, 5.41) is 20.7. The Morgan fingerprint density at radius 3 is 2.47 bits per heavy atom. The Hall–Kier alpha value is -2.32. The Kier molecular flexibility index (Phi) is 2.74. The van der Waals surface area contributed by atoms with Crippen molar-refractivity contribution in [1.82, 2.24) is 9.55 Å². The minimum absolute atomic E-state index is 0.308. The van der Waals surface area contributed by atoms with Gasteiger partial charge in [-0.1, -0.05) is 0 Å². The van der Waals surface area contributed by atoms with E-state index in [-0.39, 0.29) is 12.3 Å². The summed E-state index contributed by atoms with van der Waals surface area (Å²) in [6.07, 6.45) is 0.861. The van der Waals surface area contributed by atoms with E-state index in [4.69, 9.17) is 0 Å². The monoisotopic (exact) mass is 214 g/mol. The molecule has 9 nitrogen and oxygen atoms in total. The Bertz CT molecular complexity index is 437. The van der Waals surface area contributed by atoms with Gasteiger partial charge >= 0.3 is 11.8 Å². The van der Waals surface area contributed by atoms with Crippen LogP contribution in [0, 0.1) is 20.2 Å². The smallest absolute Gasteiger partial charge is 0.390 e. The predicted molar refractivity (Wildman–Crippen MR) is 46.2 cm³/mol. The number of aromatic nitrogens is 2. The molecule has 0 unspecified atom stereocenters. The first kappa shape index (κ1) is 10.8. The second kappa shape index (κ2) is 3.82. The molecule has 0 fully saturated rings. The Balaban J connectivity index is 3.17. The van der Waals surface area contributed by atoms with Gasteiger partial charge in [0.05, 0.1) is 0 Å². The average Bonchev–Trinajstić information content (AvgIpc) is 2.46. The highest BCUT2D eigenvalue weighted by Gasteiger charge is 2.23. The van der Waals surface area contributed by atoms with Crippen molar-refractivity contribution in [3.8, 4) is 0 Å². The number of ketones is 1. The number of hydrogen-bond acceptors (Lipinski definition) is 6. The van der Waals surface area contributed by atoms with Gasteiger partial charge in [0.1, 0.15) is 6.54 Å². The highest BCUT2D eigenvalue weighted by atomic mass is 16.6. The highest BCUT2D eigenvalue weighted by Crippen LogP contribution is 2.16. The largest absolute Gasteiger partial charge is 0.439 e. The second-order valence-electron chi connectivity index (χ2n) is 2.74. The topological polar surface area (TPSA) is 121 Å². The number of Topliss-reactive ketones (excluding diaryl/α,β-unsaturated/α-hetero) is 1. The average molecular weight is 214 g/mol. The summed E-state index contributed by atoms with van der Waals surface area (Å²) in [4.78, 5) is 32.9. The first-order chi connectivity index (χ1) is 6.91. The van der Waals surface area contributed by atoms with Gasteiger partial charge in [0.15, 0.2) is 12.0 Å². The molecule has 80 valence electrons. The maximum atomic E-state index is 10.7. The van der Waals surface area contributed by atoms with Gasteiger partial charge in [-0.15, -0.1) is 0 Å². The van der Waals surface area contributed by atoms with Crippen molar-refractivity contribution in [2.75, 3.05) is 0 Å². The molecule has 1 aromatic rings. The number of rotatable bonds is 4. The van der Waals surface area contributed by atoms with Crippen LogP contribution in [0.25, 0.3) is 0 Å². The van der Waals surface area contributed by atoms with Crippen molar-refractivity contribution in [2.45, 2.75) is 13.5 Å². The molecular weight excluding hydrogens is 208 g/mol. The number of carbonyl (C=O) groups excluding carboxylic acids is 1. The third-order valence-corrected chi connectivity index (χ3v) is 1.49. The minimum Gasteiger partial charge on any atom is -0.390 e. The van der Waals surface area contributed by atoms with Gasteiger partial charge in [-0.2, -0.15) is 0 Å². The lowest BCUT2D eigenvalue weighted by atomic mass is 10.4. The molecule has 0 amide bonds. The van der Waals surface area contributed by atoms with Gasteiger partial charge < -0.3 is 20.2 Å². The van der Waals surface area contributed by atoms with Crippen LogP contribution in [-0.2, 0) is 11.3 Å². The van der Waals surface area contributed by atoms with Crippen LogP contribution in [0.1, 0.15) is 6.92 Å². The SMILES string of the molecule is CC(=O)Cn1cc([N+](=O)[O-])nc1[N+](=O)[O-]. The molecule has 0 N–H and O–H groups in total. The molecule has 0 aliphatic carbocycles. The number of hydrogen-bond donors (Lipinski definition) is 0. The van der Waals surface area contributed by atoms with Crippen LogP contribution in [-0.4, -0.2) is 25.2 Å². The van der Waals surface area contributed by atoms with Crippen molar-refractivity contribution in [3.63, 3.8) is 0 Å². The fourth-order valence-corrected chi connectivity index (χ4v) is 0.983. The Morgan fingerprint density at radius 2 is 2.07 bits per heavy atom. The minimum atomic E-state index is -0.879. The van der Waals surface area contributed by atoms with Gasteiger partial charge in [0.2, 0.25) is 0 Å². The fourth-order valence-electron chi connectivity index (χ4n) is 0.983. The fraction of sp³-hybridized carbons (Fsp3) is 0.333. The van der Waals surface area contributed by atoms with Crippen LogP contribution in [0.15, 0.2) is 6.20 Å². The van der Waals surface area contributed by atoms with Gasteiger partial charge in [-0.3, -0.25) is 4.79 Å². The van der Waals surface area contributed by atoms with Crippen LogP contribution in [0.2, 0.25) is 0 Å². The van der Waals surface area contributed by atoms with E-state index in [1.165, 1.54) is 6.92 Å². The summed E-state index contributed by atoms with van der Waals surface area (Å²) in [5.74, 6) is -1.72. The third kappa shape index (κ3) is 2.33. The van der Waals surface area contributed by atoms with E-state index < -0.39 is 21.6 Å². The van der Waals surface area contributed by atoms with E-state index in [9.17, 15) is 25.0 Å². The molecule has 0 aliphatic heterocycles. The molecule has 0 radical (unpaired) electrons. The lowest BCUT2D eigenvalue weighted by molar-refractivity contribution is -0.403. The van der Waals surface area contributed by atoms with Crippen molar-refractivity contribution >= 4 is 17.5 Å². The molecule has 0 aliphatic rings. The van der Waals surface area contributed by atoms with Crippen LogP contribution in [0.3, 0.4) is 0 Å². The molecule has 0 atom stereocenters.